The van der Waals surface area contributed by atoms with E-state index in [4.69, 9.17) is 11.2 Å². The molecule has 0 aliphatic carbocycles. The van der Waals surface area contributed by atoms with E-state index >= 15 is 0 Å². The maximum atomic E-state index is 14.2. The first-order chi connectivity index (χ1) is 22.4. The van der Waals surface area contributed by atoms with Gasteiger partial charge in [0.05, 0.1) is 26.7 Å². The third-order valence-corrected chi connectivity index (χ3v) is 8.54. The van der Waals surface area contributed by atoms with Crippen molar-refractivity contribution >= 4 is 28.6 Å². The molecule has 4 amide bonds. The Labute approximate surface area is 267 Å². The lowest BCUT2D eigenvalue weighted by Crippen LogP contribution is -2.66. The highest BCUT2D eigenvalue weighted by atomic mass is 19.1. The summed E-state index contributed by atoms with van der Waals surface area (Å²) in [6.07, 6.45) is 5.36. The molecule has 0 aromatic heterocycles. The molecule has 6 rings (SSSR count). The van der Waals surface area contributed by atoms with Crippen LogP contribution in [-0.4, -0.2) is 76.6 Å². The number of nitrogens with one attached hydrogen (secondary N) is 1. The van der Waals surface area contributed by atoms with E-state index < -0.39 is 18.2 Å². The molecule has 9 nitrogen and oxygen atoms in total. The summed E-state index contributed by atoms with van der Waals surface area (Å²) in [5.74, 6) is 2.42. The molecule has 2 aliphatic heterocycles. The van der Waals surface area contributed by atoms with Gasteiger partial charge in [0.1, 0.15) is 23.8 Å². The first-order valence-corrected chi connectivity index (χ1v) is 15.1. The van der Waals surface area contributed by atoms with E-state index in [0.29, 0.717) is 17.9 Å². The number of urea groups is 1. The van der Waals surface area contributed by atoms with Gasteiger partial charge in [-0.1, -0.05) is 72.7 Å². The van der Waals surface area contributed by atoms with Crippen LogP contribution in [0.2, 0.25) is 0 Å². The minimum absolute atomic E-state index is 0.0900. The number of carbonyl (C=O) groups excluding carboxylic acids is 3. The molecule has 0 radical (unpaired) electrons. The Balaban J connectivity index is 1.31. The number of nitrogens with zero attached hydrogens (tertiary/aromatic N) is 4. The minimum atomic E-state index is -0.797. The van der Waals surface area contributed by atoms with Crippen LogP contribution in [0.15, 0.2) is 91.0 Å². The van der Waals surface area contributed by atoms with Crippen molar-refractivity contribution in [3.05, 3.63) is 114 Å². The monoisotopic (exact) mass is 619 g/mol. The van der Waals surface area contributed by atoms with Crippen LogP contribution < -0.4 is 10.1 Å². The van der Waals surface area contributed by atoms with Gasteiger partial charge in [0.2, 0.25) is 11.8 Å². The van der Waals surface area contributed by atoms with Crippen LogP contribution >= 0.6 is 0 Å². The van der Waals surface area contributed by atoms with Gasteiger partial charge in [-0.25, -0.2) is 14.2 Å². The summed E-state index contributed by atoms with van der Waals surface area (Å²) >= 11 is 0. The normalized spacial score (nSPS) is 17.9. The van der Waals surface area contributed by atoms with Gasteiger partial charge in [-0.15, -0.1) is 6.42 Å². The third kappa shape index (κ3) is 6.23. The Kier molecular flexibility index (Phi) is 8.85. The molecule has 2 heterocycles. The van der Waals surface area contributed by atoms with Crippen LogP contribution in [-0.2, 0) is 29.1 Å². The molecule has 0 saturated carbocycles. The summed E-state index contributed by atoms with van der Waals surface area (Å²) in [5, 5.41) is 7.95. The first kappa shape index (κ1) is 30.6. The van der Waals surface area contributed by atoms with Crippen LogP contribution in [0.5, 0.6) is 5.75 Å². The second kappa shape index (κ2) is 13.3. The highest BCUT2D eigenvalue weighted by molar-refractivity contribution is 5.92. The number of hydrogen-bond acceptors (Lipinski definition) is 5. The van der Waals surface area contributed by atoms with Gasteiger partial charge >= 0.3 is 6.03 Å². The first-order valence-electron chi connectivity index (χ1n) is 15.1. The van der Waals surface area contributed by atoms with Gasteiger partial charge in [-0.2, -0.15) is 5.01 Å². The molecule has 0 unspecified atom stereocenters. The van der Waals surface area contributed by atoms with Crippen molar-refractivity contribution in [1.82, 2.24) is 25.1 Å². The summed E-state index contributed by atoms with van der Waals surface area (Å²) in [5.41, 5.74) is 2.56. The van der Waals surface area contributed by atoms with E-state index in [9.17, 15) is 18.8 Å². The van der Waals surface area contributed by atoms with Gasteiger partial charge in [0.25, 0.3) is 0 Å². The van der Waals surface area contributed by atoms with Crippen LogP contribution in [0.4, 0.5) is 9.18 Å². The number of rotatable bonds is 9. The zero-order chi connectivity index (χ0) is 32.2. The Morgan fingerprint density at radius 1 is 1.00 bits per heavy atom. The van der Waals surface area contributed by atoms with Gasteiger partial charge in [0.15, 0.2) is 0 Å². The zero-order valence-electron chi connectivity index (χ0n) is 25.4. The predicted octanol–water partition coefficient (Wildman–Crippen LogP) is 4.17. The van der Waals surface area contributed by atoms with Crippen molar-refractivity contribution in [3.8, 4) is 18.1 Å². The van der Waals surface area contributed by atoms with E-state index in [1.165, 1.54) is 17.1 Å². The number of piperazine rings is 1. The number of hydrogen-bond donors (Lipinski definition) is 1. The molecule has 10 heteroatoms. The summed E-state index contributed by atoms with van der Waals surface area (Å²) in [6, 6.07) is 26.0. The average Bonchev–Trinajstić information content (AvgIpc) is 3.40. The molecule has 2 saturated heterocycles. The Morgan fingerprint density at radius 2 is 1.72 bits per heavy atom. The molecule has 2 atom stereocenters. The highest BCUT2D eigenvalue weighted by Gasteiger charge is 2.52. The molecule has 2 aliphatic rings. The topological polar surface area (TPSA) is 85.4 Å². The van der Waals surface area contributed by atoms with Crippen molar-refractivity contribution in [2.75, 3.05) is 26.7 Å². The summed E-state index contributed by atoms with van der Waals surface area (Å²) in [7, 11) is 1.59. The molecule has 2 fully saturated rings. The fourth-order valence-corrected chi connectivity index (χ4v) is 6.25. The number of carbonyl (C=O) groups is 3. The smallest absolute Gasteiger partial charge is 0.333 e. The van der Waals surface area contributed by atoms with E-state index in [-0.39, 0.29) is 50.2 Å². The quantitative estimate of drug-likeness (QED) is 0.285. The Bertz CT molecular complexity index is 1780. The van der Waals surface area contributed by atoms with E-state index in [2.05, 4.69) is 11.2 Å². The molecular weight excluding hydrogens is 585 g/mol. The summed E-state index contributed by atoms with van der Waals surface area (Å²) < 4.78 is 18.7. The number of halogens is 1. The second-order valence-electron chi connectivity index (χ2n) is 11.4. The number of hydrazine groups is 1. The predicted molar refractivity (Wildman–Crippen MR) is 171 cm³/mol. The van der Waals surface area contributed by atoms with Crippen molar-refractivity contribution in [1.29, 1.82) is 0 Å². The number of terminal acetylenes is 1. The Morgan fingerprint density at radius 3 is 2.46 bits per heavy atom. The number of ether oxygens (including phenoxy) is 1. The average molecular weight is 620 g/mol. The lowest BCUT2D eigenvalue weighted by Gasteiger charge is -2.46. The van der Waals surface area contributed by atoms with Crippen molar-refractivity contribution in [2.24, 2.45) is 0 Å². The summed E-state index contributed by atoms with van der Waals surface area (Å²) in [4.78, 5) is 44.8. The number of methoxy groups -OCH3 is 1. The summed E-state index contributed by atoms with van der Waals surface area (Å²) in [6.45, 7) is 0.442. The van der Waals surface area contributed by atoms with Crippen LogP contribution in [0.3, 0.4) is 0 Å². The molecule has 1 N–H and O–H groups in total. The Hall–Kier alpha value is -5.40. The van der Waals surface area contributed by atoms with Crippen molar-refractivity contribution in [2.45, 2.75) is 31.7 Å². The molecule has 46 heavy (non-hydrogen) atoms. The van der Waals surface area contributed by atoms with Crippen LogP contribution in [0.25, 0.3) is 10.8 Å². The maximum Gasteiger partial charge on any atom is 0.333 e. The fourth-order valence-electron chi connectivity index (χ4n) is 6.25. The number of benzene rings is 4. The SMILES string of the molecule is C#CCN(C(=O)NCc1ccc(F)cc1)N1CC(=O)N2[C@@H](Cc3ccc(OC)cc3)C(=O)N(Cc3cccc4ccccc34)C[C@@H]21. The molecular formula is C36H34FN5O4. The van der Waals surface area contributed by atoms with Crippen molar-refractivity contribution in [3.63, 3.8) is 0 Å². The highest BCUT2D eigenvalue weighted by Crippen LogP contribution is 2.31. The third-order valence-electron chi connectivity index (χ3n) is 8.54. The molecule has 0 bridgehead atoms. The maximum absolute atomic E-state index is 14.2. The van der Waals surface area contributed by atoms with Crippen LogP contribution in [0.1, 0.15) is 16.7 Å². The standard InChI is InChI=1S/C36H34FN5O4/c1-3-19-40(36(45)38-21-26-11-15-29(37)16-12-26)41-24-34(43)42-32(20-25-13-17-30(46-2)18-14-25)35(44)39(23-33(41)42)22-28-9-6-8-27-7-4-5-10-31(27)28/h1,4-18,32-33H,19-24H2,2H3,(H,38,45)/t32-,33+/m0/s1. The molecule has 4 aromatic carbocycles. The van der Waals surface area contributed by atoms with E-state index in [1.54, 1.807) is 34.1 Å². The largest absolute Gasteiger partial charge is 0.497 e. The molecule has 234 valence electrons. The van der Waals surface area contributed by atoms with E-state index in [1.807, 2.05) is 66.7 Å². The van der Waals surface area contributed by atoms with Crippen LogP contribution in [0, 0.1) is 18.2 Å². The fraction of sp³-hybridized carbons (Fsp3) is 0.250. The van der Waals surface area contributed by atoms with Gasteiger partial charge in [0, 0.05) is 19.5 Å². The molecule has 0 spiro atoms. The number of fused-ring (bicyclic) bond motifs is 2. The lowest BCUT2D eigenvalue weighted by molar-refractivity contribution is -0.157. The molecule has 4 aromatic rings. The van der Waals surface area contributed by atoms with Gasteiger partial charge in [-0.3, -0.25) is 9.59 Å². The zero-order valence-corrected chi connectivity index (χ0v) is 25.4. The second-order valence-corrected chi connectivity index (χ2v) is 11.4. The lowest BCUT2D eigenvalue weighted by atomic mass is 9.99. The van der Waals surface area contributed by atoms with Gasteiger partial charge < -0.3 is 19.9 Å². The van der Waals surface area contributed by atoms with Crippen molar-refractivity contribution < 1.29 is 23.5 Å². The minimum Gasteiger partial charge on any atom is -0.497 e. The van der Waals surface area contributed by atoms with E-state index in [0.717, 1.165) is 21.9 Å². The number of amides is 4. The van der Waals surface area contributed by atoms with Gasteiger partial charge in [-0.05, 0) is 51.7 Å².